The van der Waals surface area contributed by atoms with Gasteiger partial charge in [-0.15, -0.1) is 0 Å². The van der Waals surface area contributed by atoms with Crippen LogP contribution in [0.1, 0.15) is 36.9 Å². The highest BCUT2D eigenvalue weighted by Gasteiger charge is 2.41. The van der Waals surface area contributed by atoms with Crippen molar-refractivity contribution in [1.29, 1.82) is 0 Å². The maximum Gasteiger partial charge on any atom is 0.331 e. The molecule has 6 nitrogen and oxygen atoms in total. The van der Waals surface area contributed by atoms with Crippen molar-refractivity contribution in [3.63, 3.8) is 0 Å². The number of benzene rings is 2. The topological polar surface area (TPSA) is 76.1 Å². The van der Waals surface area contributed by atoms with E-state index in [1.54, 1.807) is 55.7 Å². The zero-order valence-electron chi connectivity index (χ0n) is 17.2. The Hall–Kier alpha value is -2.84. The minimum absolute atomic E-state index is 0.207. The summed E-state index contributed by atoms with van der Waals surface area (Å²) in [5.41, 5.74) is 1.22. The number of carboxylic acids is 1. The smallest absolute Gasteiger partial charge is 0.331 e. The molecule has 0 saturated carbocycles. The zero-order chi connectivity index (χ0) is 22.4. The fraction of sp³-hybridized carbons (Fsp3) is 0.261. The van der Waals surface area contributed by atoms with Gasteiger partial charge in [0.05, 0.1) is 18.6 Å². The number of methoxy groups -OCH3 is 1. The molecule has 1 aliphatic heterocycles. The van der Waals surface area contributed by atoms with Gasteiger partial charge < -0.3 is 14.6 Å². The van der Waals surface area contributed by atoms with Gasteiger partial charge in [-0.1, -0.05) is 73.7 Å². The van der Waals surface area contributed by atoms with Crippen molar-refractivity contribution in [2.45, 2.75) is 25.8 Å². The Morgan fingerprint density at radius 2 is 1.97 bits per heavy atom. The summed E-state index contributed by atoms with van der Waals surface area (Å²) in [6.07, 6.45) is 3.66. The normalized spacial score (nSPS) is 15.9. The number of carbonyl (C=O) groups excluding carboxylic acids is 1. The van der Waals surface area contributed by atoms with Crippen molar-refractivity contribution in [3.05, 3.63) is 64.6 Å². The first-order chi connectivity index (χ1) is 15.0. The minimum Gasteiger partial charge on any atom is -0.493 e. The Labute approximate surface area is 190 Å². The molecule has 1 aliphatic rings. The van der Waals surface area contributed by atoms with Gasteiger partial charge in [-0.25, -0.2) is 4.79 Å². The summed E-state index contributed by atoms with van der Waals surface area (Å²) in [6.45, 7) is 2.69. The summed E-state index contributed by atoms with van der Waals surface area (Å²) in [5, 5.41) is 9.77. The third kappa shape index (κ3) is 5.26. The molecular formula is C23H23NO5S2. The summed E-state index contributed by atoms with van der Waals surface area (Å²) in [6, 6.07) is 12.8. The fourth-order valence-electron chi connectivity index (χ4n) is 3.11. The molecule has 1 heterocycles. The molecule has 0 unspecified atom stereocenters. The van der Waals surface area contributed by atoms with E-state index in [4.69, 9.17) is 21.7 Å². The van der Waals surface area contributed by atoms with Crippen LogP contribution in [0.2, 0.25) is 0 Å². The molecule has 1 fully saturated rings. The van der Waals surface area contributed by atoms with E-state index in [9.17, 15) is 14.7 Å². The van der Waals surface area contributed by atoms with Gasteiger partial charge in [-0.3, -0.25) is 9.69 Å². The number of nitrogens with zero attached hydrogens (tertiary/aromatic N) is 1. The van der Waals surface area contributed by atoms with Gasteiger partial charge in [0, 0.05) is 0 Å². The van der Waals surface area contributed by atoms with E-state index in [2.05, 4.69) is 6.92 Å². The Morgan fingerprint density at radius 1 is 1.23 bits per heavy atom. The van der Waals surface area contributed by atoms with Crippen LogP contribution in [0.5, 0.6) is 11.5 Å². The number of unbranched alkanes of at least 4 members (excludes halogenated alkanes) is 1. The first kappa shape index (κ1) is 22.8. The van der Waals surface area contributed by atoms with Crippen LogP contribution >= 0.6 is 24.0 Å². The minimum atomic E-state index is -1.18. The zero-order valence-corrected chi connectivity index (χ0v) is 18.9. The predicted molar refractivity (Wildman–Crippen MR) is 125 cm³/mol. The third-order valence-electron chi connectivity index (χ3n) is 4.67. The molecule has 0 aliphatic carbocycles. The van der Waals surface area contributed by atoms with Gasteiger partial charge in [0.2, 0.25) is 0 Å². The molecule has 0 radical (unpaired) electrons. The predicted octanol–water partition coefficient (Wildman–Crippen LogP) is 4.90. The van der Waals surface area contributed by atoms with Crippen molar-refractivity contribution < 1.29 is 24.2 Å². The fourth-order valence-corrected chi connectivity index (χ4v) is 4.42. The molecule has 162 valence electrons. The van der Waals surface area contributed by atoms with Gasteiger partial charge in [-0.2, -0.15) is 0 Å². The van der Waals surface area contributed by atoms with Crippen molar-refractivity contribution in [1.82, 2.24) is 4.90 Å². The number of hydrogen-bond acceptors (Lipinski definition) is 6. The van der Waals surface area contributed by atoms with Crippen molar-refractivity contribution >= 4 is 46.3 Å². The largest absolute Gasteiger partial charge is 0.493 e. The molecule has 31 heavy (non-hydrogen) atoms. The quantitative estimate of drug-likeness (QED) is 0.326. The molecule has 3 rings (SSSR count). The monoisotopic (exact) mass is 457 g/mol. The molecule has 0 aromatic heterocycles. The molecule has 1 atom stereocenters. The summed E-state index contributed by atoms with van der Waals surface area (Å²) >= 11 is 6.44. The van der Waals surface area contributed by atoms with Crippen LogP contribution in [0.25, 0.3) is 6.08 Å². The van der Waals surface area contributed by atoms with Gasteiger partial charge in [-0.05, 0) is 35.8 Å². The second kappa shape index (κ2) is 10.5. The van der Waals surface area contributed by atoms with Crippen LogP contribution in [0, 0.1) is 0 Å². The van der Waals surface area contributed by atoms with Crippen molar-refractivity contribution in [2.24, 2.45) is 0 Å². The Balaban J connectivity index is 1.87. The number of aliphatic carboxylic acids is 1. The second-order valence-corrected chi connectivity index (χ2v) is 8.49. The second-order valence-electron chi connectivity index (χ2n) is 6.82. The van der Waals surface area contributed by atoms with Crippen LogP contribution in [0.3, 0.4) is 0 Å². The van der Waals surface area contributed by atoms with E-state index < -0.39 is 17.9 Å². The van der Waals surface area contributed by atoms with E-state index >= 15 is 0 Å². The Bertz CT molecular complexity index is 1010. The molecule has 0 bridgehead atoms. The maximum absolute atomic E-state index is 13.1. The number of carboxylic acid groups (broad SMARTS) is 1. The lowest BCUT2D eigenvalue weighted by atomic mass is 10.1. The average Bonchev–Trinajstić information content (AvgIpc) is 3.03. The van der Waals surface area contributed by atoms with Gasteiger partial charge in [0.1, 0.15) is 4.32 Å². The van der Waals surface area contributed by atoms with Crippen LogP contribution in [-0.2, 0) is 9.59 Å². The molecule has 1 N–H and O–H groups in total. The number of ether oxygens (including phenoxy) is 2. The highest BCUT2D eigenvalue weighted by Crippen LogP contribution is 2.39. The van der Waals surface area contributed by atoms with Crippen LogP contribution < -0.4 is 9.47 Å². The highest BCUT2D eigenvalue weighted by atomic mass is 32.2. The number of thiocarbonyl (C=S) groups is 1. The van der Waals surface area contributed by atoms with Crippen molar-refractivity contribution in [3.8, 4) is 11.5 Å². The Kier molecular flexibility index (Phi) is 7.70. The van der Waals surface area contributed by atoms with Gasteiger partial charge in [0.15, 0.2) is 17.5 Å². The van der Waals surface area contributed by atoms with Crippen LogP contribution in [0.4, 0.5) is 0 Å². The molecule has 0 spiro atoms. The molecule has 1 saturated heterocycles. The molecule has 2 aromatic carbocycles. The average molecular weight is 458 g/mol. The molecule has 2 aromatic rings. The first-order valence-corrected chi connectivity index (χ1v) is 11.0. The van der Waals surface area contributed by atoms with Gasteiger partial charge >= 0.3 is 5.97 Å². The highest BCUT2D eigenvalue weighted by molar-refractivity contribution is 8.26. The van der Waals surface area contributed by atoms with E-state index in [1.165, 1.54) is 0 Å². The van der Waals surface area contributed by atoms with Gasteiger partial charge in [0.25, 0.3) is 5.91 Å². The van der Waals surface area contributed by atoms with E-state index in [1.807, 2.05) is 6.07 Å². The third-order valence-corrected chi connectivity index (χ3v) is 6.00. The molecular weight excluding hydrogens is 434 g/mol. The van der Waals surface area contributed by atoms with Crippen LogP contribution in [0.15, 0.2) is 53.4 Å². The summed E-state index contributed by atoms with van der Waals surface area (Å²) in [4.78, 5) is 26.5. The lowest BCUT2D eigenvalue weighted by molar-refractivity contribution is -0.145. The van der Waals surface area contributed by atoms with E-state index in [0.717, 1.165) is 35.1 Å². The Morgan fingerprint density at radius 3 is 2.61 bits per heavy atom. The first-order valence-electron chi connectivity index (χ1n) is 9.82. The number of carbonyl (C=O) groups is 2. The SMILES string of the molecule is CCCCOc1ccc(/C=C2\SC(=S)N([C@@H](C(=O)O)c3ccccc3)C2=O)cc1OC. The van der Waals surface area contributed by atoms with E-state index in [-0.39, 0.29) is 4.32 Å². The summed E-state index contributed by atoms with van der Waals surface area (Å²) in [5.74, 6) is -0.379. The van der Waals surface area contributed by atoms with E-state index in [0.29, 0.717) is 28.6 Å². The number of thioether (sulfide) groups is 1. The summed E-state index contributed by atoms with van der Waals surface area (Å²) < 4.78 is 11.4. The van der Waals surface area contributed by atoms with Crippen molar-refractivity contribution in [2.75, 3.05) is 13.7 Å². The number of rotatable bonds is 9. The standard InChI is InChI=1S/C23H23NO5S2/c1-3-4-12-29-17-11-10-15(13-18(17)28-2)14-19-21(25)24(23(30)31-19)20(22(26)27)16-8-6-5-7-9-16/h5-11,13-14,20H,3-4,12H2,1-2H3,(H,26,27)/b19-14-/t20-/m1/s1. The molecule has 8 heteroatoms. The molecule has 1 amide bonds. The number of hydrogen-bond donors (Lipinski definition) is 1. The summed E-state index contributed by atoms with van der Waals surface area (Å²) in [7, 11) is 1.56. The lowest BCUT2D eigenvalue weighted by Crippen LogP contribution is -2.37. The maximum atomic E-state index is 13.1. The van der Waals surface area contributed by atoms with Crippen LogP contribution in [-0.4, -0.2) is 39.9 Å². The number of amides is 1. The lowest BCUT2D eigenvalue weighted by Gasteiger charge is -2.23.